The third kappa shape index (κ3) is 6.38. The summed E-state index contributed by atoms with van der Waals surface area (Å²) in [5.74, 6) is -1.08. The highest BCUT2D eigenvalue weighted by molar-refractivity contribution is 6.45. The Morgan fingerprint density at radius 3 is 2.53 bits per heavy atom. The molecule has 3 amide bonds. The van der Waals surface area contributed by atoms with E-state index in [4.69, 9.17) is 5.11 Å². The van der Waals surface area contributed by atoms with Crippen molar-refractivity contribution in [2.45, 2.75) is 46.6 Å². The van der Waals surface area contributed by atoms with Crippen molar-refractivity contribution in [1.29, 1.82) is 0 Å². The SMILES string of the molecule is CN=C(C(=O)NC(C(=O)N1CCCC(C(=O)NCCO)C1)C(C)(C)C)c1ccccc1C. The van der Waals surface area contributed by atoms with Crippen LogP contribution < -0.4 is 10.6 Å². The van der Waals surface area contributed by atoms with Crippen LogP contribution in [0.15, 0.2) is 29.3 Å². The molecular formula is C24H36N4O4. The minimum Gasteiger partial charge on any atom is -0.395 e. The number of nitrogens with zero attached hydrogens (tertiary/aromatic N) is 2. The normalized spacial score (nSPS) is 18.1. The molecule has 8 nitrogen and oxygen atoms in total. The first-order chi connectivity index (χ1) is 15.1. The molecule has 2 atom stereocenters. The van der Waals surface area contributed by atoms with Gasteiger partial charge in [-0.2, -0.15) is 0 Å². The van der Waals surface area contributed by atoms with Gasteiger partial charge in [-0.25, -0.2) is 0 Å². The highest BCUT2D eigenvalue weighted by Crippen LogP contribution is 2.25. The maximum absolute atomic E-state index is 13.5. The van der Waals surface area contributed by atoms with Crippen LogP contribution in [0.5, 0.6) is 0 Å². The summed E-state index contributed by atoms with van der Waals surface area (Å²) < 4.78 is 0. The fraction of sp³-hybridized carbons (Fsp3) is 0.583. The highest BCUT2D eigenvalue weighted by atomic mass is 16.3. The number of aliphatic hydroxyl groups excluding tert-OH is 1. The van der Waals surface area contributed by atoms with Gasteiger partial charge in [0.25, 0.3) is 5.91 Å². The Kier molecular flexibility index (Phi) is 8.95. The number of amides is 3. The van der Waals surface area contributed by atoms with Gasteiger partial charge in [0.1, 0.15) is 11.8 Å². The second-order valence-electron chi connectivity index (χ2n) is 9.30. The minimum absolute atomic E-state index is 0.124. The number of carbonyl (C=O) groups excluding carboxylic acids is 3. The van der Waals surface area contributed by atoms with Crippen LogP contribution in [0.2, 0.25) is 0 Å². The zero-order chi connectivity index (χ0) is 23.9. The molecule has 1 aromatic carbocycles. The monoisotopic (exact) mass is 444 g/mol. The van der Waals surface area contributed by atoms with Gasteiger partial charge in [0.05, 0.1) is 12.5 Å². The van der Waals surface area contributed by atoms with E-state index in [-0.39, 0.29) is 36.6 Å². The van der Waals surface area contributed by atoms with Crippen molar-refractivity contribution in [1.82, 2.24) is 15.5 Å². The summed E-state index contributed by atoms with van der Waals surface area (Å²) in [5.41, 5.74) is 1.40. The molecule has 0 bridgehead atoms. The molecule has 1 saturated heterocycles. The highest BCUT2D eigenvalue weighted by Gasteiger charge is 2.39. The van der Waals surface area contributed by atoms with E-state index in [0.29, 0.717) is 25.9 Å². The molecule has 2 unspecified atom stereocenters. The van der Waals surface area contributed by atoms with E-state index in [1.54, 1.807) is 11.9 Å². The molecule has 32 heavy (non-hydrogen) atoms. The van der Waals surface area contributed by atoms with Gasteiger partial charge in [-0.3, -0.25) is 19.4 Å². The third-order valence-corrected chi connectivity index (χ3v) is 5.74. The Labute approximate surface area is 190 Å². The lowest BCUT2D eigenvalue weighted by Crippen LogP contribution is -2.58. The zero-order valence-corrected chi connectivity index (χ0v) is 19.8. The molecule has 8 heteroatoms. The number of likely N-dealkylation sites (tertiary alicyclic amines) is 1. The van der Waals surface area contributed by atoms with Gasteiger partial charge >= 0.3 is 0 Å². The van der Waals surface area contributed by atoms with Crippen LogP contribution in [0.25, 0.3) is 0 Å². The fourth-order valence-electron chi connectivity index (χ4n) is 3.93. The zero-order valence-electron chi connectivity index (χ0n) is 19.8. The van der Waals surface area contributed by atoms with Crippen molar-refractivity contribution in [2.24, 2.45) is 16.3 Å². The third-order valence-electron chi connectivity index (χ3n) is 5.74. The number of carbonyl (C=O) groups is 3. The van der Waals surface area contributed by atoms with E-state index in [1.807, 2.05) is 52.0 Å². The van der Waals surface area contributed by atoms with Crippen molar-refractivity contribution in [2.75, 3.05) is 33.3 Å². The smallest absolute Gasteiger partial charge is 0.270 e. The standard InChI is InChI=1S/C24H36N4O4/c1-16-9-6-7-11-18(16)19(25-5)22(31)27-20(24(2,3)4)23(32)28-13-8-10-17(15-28)21(30)26-12-14-29/h6-7,9,11,17,20,29H,8,10,12-15H2,1-5H3,(H,26,30)(H,27,31). The topological polar surface area (TPSA) is 111 Å². The van der Waals surface area contributed by atoms with Crippen molar-refractivity contribution in [3.63, 3.8) is 0 Å². The number of rotatable bonds is 7. The number of nitrogens with one attached hydrogen (secondary N) is 2. The second-order valence-corrected chi connectivity index (χ2v) is 9.30. The number of piperidine rings is 1. The summed E-state index contributed by atoms with van der Waals surface area (Å²) >= 11 is 0. The maximum atomic E-state index is 13.5. The summed E-state index contributed by atoms with van der Waals surface area (Å²) in [4.78, 5) is 44.8. The molecule has 0 spiro atoms. The van der Waals surface area contributed by atoms with E-state index in [0.717, 1.165) is 11.1 Å². The molecule has 1 aliphatic heterocycles. The van der Waals surface area contributed by atoms with Gasteiger partial charge < -0.3 is 20.6 Å². The van der Waals surface area contributed by atoms with Crippen molar-refractivity contribution in [3.8, 4) is 0 Å². The molecule has 1 aliphatic rings. The molecule has 0 saturated carbocycles. The van der Waals surface area contributed by atoms with Gasteiger partial charge in [0.15, 0.2) is 0 Å². The first kappa shape index (κ1) is 25.5. The molecule has 176 valence electrons. The predicted molar refractivity (Wildman–Crippen MR) is 124 cm³/mol. The summed E-state index contributed by atoms with van der Waals surface area (Å²) in [7, 11) is 1.56. The lowest BCUT2D eigenvalue weighted by atomic mass is 9.84. The van der Waals surface area contributed by atoms with Crippen LogP contribution in [0, 0.1) is 18.3 Å². The van der Waals surface area contributed by atoms with Crippen LogP contribution in [-0.2, 0) is 14.4 Å². The lowest BCUT2D eigenvalue weighted by molar-refractivity contribution is -0.141. The van der Waals surface area contributed by atoms with Crippen LogP contribution in [0.3, 0.4) is 0 Å². The average molecular weight is 445 g/mol. The van der Waals surface area contributed by atoms with Crippen LogP contribution in [0.4, 0.5) is 0 Å². The quantitative estimate of drug-likeness (QED) is 0.550. The lowest BCUT2D eigenvalue weighted by Gasteiger charge is -2.38. The Hall–Kier alpha value is -2.74. The maximum Gasteiger partial charge on any atom is 0.270 e. The van der Waals surface area contributed by atoms with E-state index >= 15 is 0 Å². The van der Waals surface area contributed by atoms with Crippen molar-refractivity contribution in [3.05, 3.63) is 35.4 Å². The fourth-order valence-corrected chi connectivity index (χ4v) is 3.93. The number of hydrogen-bond acceptors (Lipinski definition) is 5. The van der Waals surface area contributed by atoms with E-state index < -0.39 is 17.4 Å². The average Bonchev–Trinajstić information content (AvgIpc) is 2.76. The first-order valence-electron chi connectivity index (χ1n) is 11.1. The minimum atomic E-state index is -0.768. The number of aliphatic imine (C=N–C) groups is 1. The summed E-state index contributed by atoms with van der Waals surface area (Å²) in [6.07, 6.45) is 1.39. The molecule has 2 rings (SSSR count). The van der Waals surface area contributed by atoms with Crippen LogP contribution in [-0.4, -0.2) is 72.8 Å². The van der Waals surface area contributed by atoms with E-state index in [9.17, 15) is 14.4 Å². The molecule has 1 heterocycles. The number of aliphatic hydroxyl groups is 1. The van der Waals surface area contributed by atoms with Gasteiger partial charge in [-0.15, -0.1) is 0 Å². The molecule has 3 N–H and O–H groups in total. The predicted octanol–water partition coefficient (Wildman–Crippen LogP) is 1.29. The van der Waals surface area contributed by atoms with E-state index in [2.05, 4.69) is 15.6 Å². The van der Waals surface area contributed by atoms with Gasteiger partial charge in [-0.05, 0) is 30.7 Å². The van der Waals surface area contributed by atoms with Crippen molar-refractivity contribution >= 4 is 23.4 Å². The van der Waals surface area contributed by atoms with E-state index in [1.165, 1.54) is 0 Å². The summed E-state index contributed by atoms with van der Waals surface area (Å²) in [6, 6.07) is 6.73. The molecule has 1 fully saturated rings. The summed E-state index contributed by atoms with van der Waals surface area (Å²) in [6.45, 7) is 8.53. The molecule has 0 aliphatic carbocycles. The molecular weight excluding hydrogens is 408 g/mol. The van der Waals surface area contributed by atoms with Crippen LogP contribution >= 0.6 is 0 Å². The van der Waals surface area contributed by atoms with Crippen LogP contribution in [0.1, 0.15) is 44.7 Å². The van der Waals surface area contributed by atoms with Crippen molar-refractivity contribution < 1.29 is 19.5 Å². The Morgan fingerprint density at radius 2 is 1.94 bits per heavy atom. The van der Waals surface area contributed by atoms with Gasteiger partial charge in [0, 0.05) is 32.2 Å². The number of hydrogen-bond donors (Lipinski definition) is 3. The molecule has 0 radical (unpaired) electrons. The molecule has 0 aromatic heterocycles. The second kappa shape index (κ2) is 11.2. The van der Waals surface area contributed by atoms with Gasteiger partial charge in [-0.1, -0.05) is 45.0 Å². The number of benzene rings is 1. The van der Waals surface area contributed by atoms with Gasteiger partial charge in [0.2, 0.25) is 11.8 Å². The summed E-state index contributed by atoms with van der Waals surface area (Å²) in [5, 5.41) is 14.5. The first-order valence-corrected chi connectivity index (χ1v) is 11.1. The largest absolute Gasteiger partial charge is 0.395 e. The Morgan fingerprint density at radius 1 is 1.25 bits per heavy atom. The Balaban J connectivity index is 2.19. The number of aryl methyl sites for hydroxylation is 1. The molecule has 1 aromatic rings. The Bertz CT molecular complexity index is 860.